The molecule has 3 fully saturated rings. The number of carbonyl (C=O) groups is 3. The minimum absolute atomic E-state index is 0.0107. The zero-order valence-corrected chi connectivity index (χ0v) is 31.4. The van der Waals surface area contributed by atoms with Gasteiger partial charge in [0.15, 0.2) is 12.3 Å². The highest BCUT2D eigenvalue weighted by atomic mass is 32.1. The van der Waals surface area contributed by atoms with Gasteiger partial charge in [-0.25, -0.2) is 9.55 Å². The minimum atomic E-state index is -4.49. The fourth-order valence-electron chi connectivity index (χ4n) is 6.49. The molecule has 3 saturated heterocycles. The standard InChI is InChI=1S/C34H52N5O8PS/c1-23(2)19-28-33(42)38-27(20-34(5,6)7)32(41)37(26-14-16-36(17-15-26)24(3)4)21-30(38)39(47-28)31(40)13-12-29-35-25(22-49-29)11-9-8-10-18-46-48(43,44)45/h12-13,22-24,26-28,30H,8,10,14-21H2,1-7H3,(H2,43,44,45)/b13-12+/t27-,28+,30-/m0/s1. The Labute approximate surface area is 294 Å². The second-order valence-electron chi connectivity index (χ2n) is 14.9. The molecule has 0 unspecified atom stereocenters. The molecule has 0 aromatic carbocycles. The third-order valence-electron chi connectivity index (χ3n) is 8.82. The summed E-state index contributed by atoms with van der Waals surface area (Å²) in [6.07, 6.45) is 4.56. The molecule has 15 heteroatoms. The number of phosphoric ester groups is 1. The maximum absolute atomic E-state index is 14.3. The lowest BCUT2D eigenvalue weighted by Gasteiger charge is -2.55. The summed E-state index contributed by atoms with van der Waals surface area (Å²) in [7, 11) is -4.49. The molecule has 0 radical (unpaired) electrons. The Kier molecular flexibility index (Phi) is 13.3. The molecule has 3 aliphatic heterocycles. The molecule has 0 bridgehead atoms. The first-order chi connectivity index (χ1) is 22.9. The molecule has 1 aromatic heterocycles. The van der Waals surface area contributed by atoms with Crippen molar-refractivity contribution in [1.82, 2.24) is 24.7 Å². The van der Waals surface area contributed by atoms with E-state index in [-0.39, 0.29) is 42.3 Å². The number of aromatic nitrogens is 1. The number of hydrogen-bond acceptors (Lipinski definition) is 9. The van der Waals surface area contributed by atoms with Crippen LogP contribution in [0.25, 0.3) is 6.08 Å². The third kappa shape index (κ3) is 10.9. The van der Waals surface area contributed by atoms with Gasteiger partial charge in [-0.15, -0.1) is 11.3 Å². The Balaban J connectivity index is 1.56. The topological polar surface area (TPSA) is 153 Å². The highest BCUT2D eigenvalue weighted by Gasteiger charge is 2.54. The van der Waals surface area contributed by atoms with E-state index in [1.54, 1.807) is 16.4 Å². The first-order valence-electron chi connectivity index (χ1n) is 17.1. The Morgan fingerprint density at radius 1 is 1.18 bits per heavy atom. The number of piperazine rings is 1. The SMILES string of the molecule is CC(C)C[C@H]1ON(C(=O)/C=C/c2nc(C#CCCCOP(=O)(O)O)cs2)[C@H]2CN(C3CCN(C(C)C)CC3)C(=O)[C@H](CC(C)(C)C)N2C1=O. The lowest BCUT2D eigenvalue weighted by molar-refractivity contribution is -0.276. The predicted octanol–water partition coefficient (Wildman–Crippen LogP) is 4.26. The zero-order valence-electron chi connectivity index (χ0n) is 29.7. The molecule has 272 valence electrons. The van der Waals surface area contributed by atoms with Crippen molar-refractivity contribution in [3.05, 3.63) is 22.2 Å². The maximum atomic E-state index is 14.3. The monoisotopic (exact) mass is 721 g/mol. The molecule has 2 N–H and O–H groups in total. The summed E-state index contributed by atoms with van der Waals surface area (Å²) in [6, 6.07) is -0.277. The van der Waals surface area contributed by atoms with Crippen LogP contribution in [0.15, 0.2) is 11.5 Å². The van der Waals surface area contributed by atoms with Crippen molar-refractivity contribution < 1.29 is 38.1 Å². The normalized spacial score (nSPS) is 23.1. The summed E-state index contributed by atoms with van der Waals surface area (Å²) in [6.45, 7) is 16.4. The Hall–Kier alpha value is -2.63. The van der Waals surface area contributed by atoms with Gasteiger partial charge in [0, 0.05) is 43.1 Å². The van der Waals surface area contributed by atoms with Gasteiger partial charge >= 0.3 is 7.82 Å². The molecular formula is C34H52N5O8PS. The van der Waals surface area contributed by atoms with Crippen molar-refractivity contribution in [2.24, 2.45) is 11.3 Å². The average Bonchev–Trinajstić information content (AvgIpc) is 3.46. The number of likely N-dealkylation sites (tertiary alicyclic amines) is 1. The van der Waals surface area contributed by atoms with E-state index in [0.717, 1.165) is 25.9 Å². The second kappa shape index (κ2) is 16.6. The van der Waals surface area contributed by atoms with Gasteiger partial charge in [-0.2, -0.15) is 5.06 Å². The number of phosphoric acid groups is 1. The van der Waals surface area contributed by atoms with E-state index in [4.69, 9.17) is 14.6 Å². The molecule has 3 atom stereocenters. The number of hydrogen-bond donors (Lipinski definition) is 2. The van der Waals surface area contributed by atoms with E-state index in [1.165, 1.54) is 22.5 Å². The molecule has 3 aliphatic rings. The first-order valence-corrected chi connectivity index (χ1v) is 19.5. The van der Waals surface area contributed by atoms with Gasteiger partial charge < -0.3 is 24.5 Å². The summed E-state index contributed by atoms with van der Waals surface area (Å²) < 4.78 is 15.2. The first kappa shape index (κ1) is 39.2. The Morgan fingerprint density at radius 3 is 2.49 bits per heavy atom. The molecule has 3 amide bonds. The van der Waals surface area contributed by atoms with Crippen LogP contribution in [0.2, 0.25) is 0 Å². The van der Waals surface area contributed by atoms with Crippen molar-refractivity contribution in [2.75, 3.05) is 26.2 Å². The van der Waals surface area contributed by atoms with Crippen LogP contribution >= 0.6 is 19.2 Å². The summed E-state index contributed by atoms with van der Waals surface area (Å²) in [5.41, 5.74) is 0.253. The molecular weight excluding hydrogens is 669 g/mol. The molecule has 1 aromatic rings. The lowest BCUT2D eigenvalue weighted by atomic mass is 9.84. The van der Waals surface area contributed by atoms with Crippen molar-refractivity contribution in [2.45, 2.75) is 117 Å². The zero-order chi connectivity index (χ0) is 36.1. The van der Waals surface area contributed by atoms with Crippen LogP contribution in [0.1, 0.15) is 97.7 Å². The number of nitrogens with zero attached hydrogens (tertiary/aromatic N) is 5. The van der Waals surface area contributed by atoms with Gasteiger partial charge in [0.05, 0.1) is 13.2 Å². The molecule has 0 spiro atoms. The van der Waals surface area contributed by atoms with Gasteiger partial charge in [0.1, 0.15) is 16.7 Å². The van der Waals surface area contributed by atoms with Crippen LogP contribution in [0.4, 0.5) is 0 Å². The summed E-state index contributed by atoms with van der Waals surface area (Å²) in [5.74, 6) is 5.19. The molecule has 49 heavy (non-hydrogen) atoms. The predicted molar refractivity (Wildman–Crippen MR) is 186 cm³/mol. The number of fused-ring (bicyclic) bond motifs is 1. The number of piperidine rings is 1. The number of amides is 3. The van der Waals surface area contributed by atoms with Gasteiger partial charge in [-0.05, 0) is 69.3 Å². The van der Waals surface area contributed by atoms with Crippen molar-refractivity contribution in [3.63, 3.8) is 0 Å². The van der Waals surface area contributed by atoms with Crippen molar-refractivity contribution >= 4 is 43.0 Å². The summed E-state index contributed by atoms with van der Waals surface area (Å²) in [5, 5.41) is 3.61. The maximum Gasteiger partial charge on any atom is 0.469 e. The largest absolute Gasteiger partial charge is 0.469 e. The number of thiazole rings is 1. The fourth-order valence-corrected chi connectivity index (χ4v) is 7.50. The average molecular weight is 722 g/mol. The van der Waals surface area contributed by atoms with Crippen LogP contribution in [0.3, 0.4) is 0 Å². The molecule has 0 aliphatic carbocycles. The Morgan fingerprint density at radius 2 is 1.88 bits per heavy atom. The van der Waals surface area contributed by atoms with E-state index < -0.39 is 32.0 Å². The van der Waals surface area contributed by atoms with Gasteiger partial charge in [-0.3, -0.25) is 23.7 Å². The third-order valence-corrected chi connectivity index (χ3v) is 10.1. The van der Waals surface area contributed by atoms with E-state index in [9.17, 15) is 18.9 Å². The fraction of sp³-hybridized carbons (Fsp3) is 0.706. The number of unbranched alkanes of at least 4 members (excludes halogenated alkanes) is 1. The van der Waals surface area contributed by atoms with Crippen molar-refractivity contribution in [1.29, 1.82) is 0 Å². The highest BCUT2D eigenvalue weighted by Crippen LogP contribution is 2.37. The Bertz CT molecular complexity index is 1470. The minimum Gasteiger partial charge on any atom is -0.334 e. The van der Waals surface area contributed by atoms with Crippen LogP contribution in [0.5, 0.6) is 0 Å². The van der Waals surface area contributed by atoms with E-state index in [1.807, 2.05) is 18.7 Å². The summed E-state index contributed by atoms with van der Waals surface area (Å²) in [4.78, 5) is 76.5. The van der Waals surface area contributed by atoms with E-state index >= 15 is 0 Å². The summed E-state index contributed by atoms with van der Waals surface area (Å²) >= 11 is 1.31. The molecule has 0 saturated carbocycles. The number of rotatable bonds is 11. The molecule has 13 nitrogen and oxygen atoms in total. The van der Waals surface area contributed by atoms with Crippen LogP contribution in [0, 0.1) is 23.2 Å². The van der Waals surface area contributed by atoms with Crippen LogP contribution < -0.4 is 0 Å². The quantitative estimate of drug-likeness (QED) is 0.147. The smallest absolute Gasteiger partial charge is 0.334 e. The van der Waals surface area contributed by atoms with Crippen molar-refractivity contribution in [3.8, 4) is 11.8 Å². The highest BCUT2D eigenvalue weighted by molar-refractivity contribution is 7.46. The lowest BCUT2D eigenvalue weighted by Crippen LogP contribution is -2.74. The van der Waals surface area contributed by atoms with Crippen LogP contribution in [-0.4, -0.2) is 109 Å². The molecule has 4 rings (SSSR count). The molecule has 4 heterocycles. The van der Waals surface area contributed by atoms with E-state index in [2.05, 4.69) is 60.9 Å². The van der Waals surface area contributed by atoms with Gasteiger partial charge in [-0.1, -0.05) is 40.5 Å². The van der Waals surface area contributed by atoms with E-state index in [0.29, 0.717) is 42.4 Å². The van der Waals surface area contributed by atoms with Crippen LogP contribution in [-0.2, 0) is 28.3 Å². The number of carbonyl (C=O) groups excluding carboxylic acids is 3. The second-order valence-corrected chi connectivity index (χ2v) is 17.0. The van der Waals surface area contributed by atoms with Gasteiger partial charge in [0.25, 0.3) is 11.8 Å². The number of hydroxylamine groups is 2. The van der Waals surface area contributed by atoms with Gasteiger partial charge in [0.2, 0.25) is 5.91 Å².